The zero-order chi connectivity index (χ0) is 23.5. The van der Waals surface area contributed by atoms with E-state index in [-0.39, 0.29) is 0 Å². The first kappa shape index (κ1) is 21.6. The fourth-order valence-corrected chi connectivity index (χ4v) is 4.27. The predicted octanol–water partition coefficient (Wildman–Crippen LogP) is 4.25. The summed E-state index contributed by atoms with van der Waals surface area (Å²) in [6.45, 7) is 5.57. The Hall–Kier alpha value is -4.24. The lowest BCUT2D eigenvalue weighted by Crippen LogP contribution is -2.36. The maximum atomic E-state index is 9.81. The summed E-state index contributed by atoms with van der Waals surface area (Å²) in [5, 5.41) is 24.0. The summed E-state index contributed by atoms with van der Waals surface area (Å²) in [4.78, 5) is 14.6. The maximum absolute atomic E-state index is 9.81. The second kappa shape index (κ2) is 9.32. The van der Waals surface area contributed by atoms with Gasteiger partial charge in [0.15, 0.2) is 0 Å². The molecule has 0 amide bonds. The molecule has 4 aromatic rings. The number of fused-ring (bicyclic) bond motifs is 1. The fourth-order valence-electron chi connectivity index (χ4n) is 4.27. The third-order valence-electron chi connectivity index (χ3n) is 6.18. The third-order valence-corrected chi connectivity index (χ3v) is 6.18. The van der Waals surface area contributed by atoms with E-state index in [2.05, 4.69) is 32.3 Å². The number of anilines is 2. The highest BCUT2D eigenvalue weighted by atomic mass is 16.5. The Morgan fingerprint density at radius 2 is 1.88 bits per heavy atom. The van der Waals surface area contributed by atoms with Crippen molar-refractivity contribution >= 4 is 22.3 Å². The van der Waals surface area contributed by atoms with Gasteiger partial charge in [-0.2, -0.15) is 10.5 Å². The molecule has 34 heavy (non-hydrogen) atoms. The van der Waals surface area contributed by atoms with Crippen LogP contribution in [0.25, 0.3) is 22.2 Å². The molecular formula is C26H23N7O. The molecule has 5 rings (SSSR count). The maximum Gasteiger partial charge on any atom is 0.103 e. The topological polar surface area (TPSA) is 114 Å². The van der Waals surface area contributed by atoms with E-state index in [1.54, 1.807) is 18.5 Å². The standard InChI is InChI=1S/C26H23N7O/c1-17-20-6-7-30-23(20)5-4-22(17)32-26-19(13-28)14-29-15-21(26)24-3-2-18(12-27)25(31-24)16-33-8-10-34-11-9-33/h2-7,14-15,30H,8-11,16H2,1H3,(H,29,32). The zero-order valence-electron chi connectivity index (χ0n) is 18.8. The van der Waals surface area contributed by atoms with Crippen molar-refractivity contribution in [1.82, 2.24) is 19.9 Å². The number of rotatable bonds is 5. The number of aromatic nitrogens is 3. The SMILES string of the molecule is Cc1c(Nc2c(C#N)cncc2-c2ccc(C#N)c(CN3CCOCC3)n2)ccc2[nH]ccc12. The monoisotopic (exact) mass is 449 g/mol. The molecule has 0 bridgehead atoms. The van der Waals surface area contributed by atoms with E-state index in [4.69, 9.17) is 9.72 Å². The van der Waals surface area contributed by atoms with Gasteiger partial charge < -0.3 is 15.0 Å². The van der Waals surface area contributed by atoms with Crippen molar-refractivity contribution in [3.63, 3.8) is 0 Å². The van der Waals surface area contributed by atoms with Crippen LogP contribution in [0, 0.1) is 29.6 Å². The molecule has 1 fully saturated rings. The zero-order valence-corrected chi connectivity index (χ0v) is 18.8. The van der Waals surface area contributed by atoms with Gasteiger partial charge in [-0.15, -0.1) is 0 Å². The number of aromatic amines is 1. The average molecular weight is 450 g/mol. The Labute approximate surface area is 197 Å². The molecule has 0 unspecified atom stereocenters. The van der Waals surface area contributed by atoms with E-state index in [0.717, 1.165) is 35.2 Å². The predicted molar refractivity (Wildman–Crippen MR) is 129 cm³/mol. The normalized spacial score (nSPS) is 14.0. The molecule has 1 aliphatic heterocycles. The fraction of sp³-hybridized carbons (Fsp3) is 0.231. The number of benzene rings is 1. The smallest absolute Gasteiger partial charge is 0.103 e. The Kier molecular flexibility index (Phi) is 5.92. The molecule has 1 aliphatic rings. The van der Waals surface area contributed by atoms with Crippen LogP contribution in [0.5, 0.6) is 0 Å². The molecule has 8 nitrogen and oxygen atoms in total. The van der Waals surface area contributed by atoms with Gasteiger partial charge in [-0.05, 0) is 42.8 Å². The number of nitriles is 2. The second-order valence-electron chi connectivity index (χ2n) is 8.21. The number of nitrogens with zero attached hydrogens (tertiary/aromatic N) is 5. The molecular weight excluding hydrogens is 426 g/mol. The van der Waals surface area contributed by atoms with E-state index in [9.17, 15) is 10.5 Å². The molecule has 0 radical (unpaired) electrons. The van der Waals surface area contributed by atoms with Crippen molar-refractivity contribution in [3.8, 4) is 23.4 Å². The minimum atomic E-state index is 0.423. The number of hydrogen-bond donors (Lipinski definition) is 2. The third kappa shape index (κ3) is 4.08. The van der Waals surface area contributed by atoms with Crippen LogP contribution < -0.4 is 5.32 Å². The number of pyridine rings is 2. The van der Waals surface area contributed by atoms with Crippen molar-refractivity contribution in [3.05, 3.63) is 71.3 Å². The molecule has 1 saturated heterocycles. The number of morpholine rings is 1. The quantitative estimate of drug-likeness (QED) is 0.468. The van der Waals surface area contributed by atoms with Gasteiger partial charge in [0, 0.05) is 60.4 Å². The first-order valence-electron chi connectivity index (χ1n) is 11.1. The lowest BCUT2D eigenvalue weighted by atomic mass is 10.0. The van der Waals surface area contributed by atoms with Crippen LogP contribution in [0.3, 0.4) is 0 Å². The molecule has 8 heteroatoms. The van der Waals surface area contributed by atoms with Gasteiger partial charge >= 0.3 is 0 Å². The Morgan fingerprint density at radius 3 is 2.68 bits per heavy atom. The van der Waals surface area contributed by atoms with Crippen LogP contribution in [0.15, 0.2) is 48.9 Å². The second-order valence-corrected chi connectivity index (χ2v) is 8.21. The van der Waals surface area contributed by atoms with Crippen molar-refractivity contribution in [1.29, 1.82) is 10.5 Å². The molecule has 0 saturated carbocycles. The van der Waals surface area contributed by atoms with E-state index >= 15 is 0 Å². The lowest BCUT2D eigenvalue weighted by Gasteiger charge is -2.26. The van der Waals surface area contributed by atoms with Gasteiger partial charge in [-0.3, -0.25) is 9.88 Å². The Bertz CT molecular complexity index is 1440. The van der Waals surface area contributed by atoms with Gasteiger partial charge in [0.1, 0.15) is 12.1 Å². The Morgan fingerprint density at radius 1 is 1.06 bits per heavy atom. The highest BCUT2D eigenvalue weighted by molar-refractivity contribution is 5.91. The molecule has 168 valence electrons. The molecule has 0 spiro atoms. The molecule has 0 aliphatic carbocycles. The summed E-state index contributed by atoms with van der Waals surface area (Å²) in [6.07, 6.45) is 5.17. The number of nitrogens with one attached hydrogen (secondary N) is 2. The number of aryl methyl sites for hydroxylation is 1. The average Bonchev–Trinajstić information content (AvgIpc) is 3.36. The summed E-state index contributed by atoms with van der Waals surface area (Å²) in [6, 6.07) is 14.1. The largest absolute Gasteiger partial charge is 0.379 e. The van der Waals surface area contributed by atoms with Gasteiger partial charge in [0.05, 0.1) is 41.4 Å². The summed E-state index contributed by atoms with van der Waals surface area (Å²) >= 11 is 0. The number of ether oxygens (including phenoxy) is 1. The first-order valence-corrected chi connectivity index (χ1v) is 11.1. The van der Waals surface area contributed by atoms with Crippen LogP contribution in [-0.4, -0.2) is 46.2 Å². The van der Waals surface area contributed by atoms with Crippen LogP contribution in [0.4, 0.5) is 11.4 Å². The molecule has 1 aromatic carbocycles. The van der Waals surface area contributed by atoms with Crippen molar-refractivity contribution in [2.24, 2.45) is 0 Å². The van der Waals surface area contributed by atoms with Gasteiger partial charge in [-0.1, -0.05) is 0 Å². The number of hydrogen-bond acceptors (Lipinski definition) is 7. The van der Waals surface area contributed by atoms with Crippen LogP contribution in [0.2, 0.25) is 0 Å². The molecule has 0 atom stereocenters. The highest BCUT2D eigenvalue weighted by Crippen LogP contribution is 2.34. The summed E-state index contributed by atoms with van der Waals surface area (Å²) in [5.74, 6) is 0. The van der Waals surface area contributed by atoms with E-state index < -0.39 is 0 Å². The summed E-state index contributed by atoms with van der Waals surface area (Å²) in [5.41, 5.74) is 6.72. The van der Waals surface area contributed by atoms with Crippen molar-refractivity contribution in [2.45, 2.75) is 13.5 Å². The molecule has 4 heterocycles. The van der Waals surface area contributed by atoms with Crippen LogP contribution in [-0.2, 0) is 11.3 Å². The molecule has 3 aromatic heterocycles. The van der Waals surface area contributed by atoms with E-state index in [1.165, 1.54) is 0 Å². The Balaban J connectivity index is 1.56. The summed E-state index contributed by atoms with van der Waals surface area (Å²) in [7, 11) is 0. The minimum absolute atomic E-state index is 0.423. The molecule has 2 N–H and O–H groups in total. The van der Waals surface area contributed by atoms with E-state index in [1.807, 2.05) is 37.4 Å². The first-order chi connectivity index (χ1) is 16.7. The van der Waals surface area contributed by atoms with Gasteiger partial charge in [0.25, 0.3) is 0 Å². The van der Waals surface area contributed by atoms with Crippen LogP contribution in [0.1, 0.15) is 22.4 Å². The minimum Gasteiger partial charge on any atom is -0.379 e. The van der Waals surface area contributed by atoms with Crippen molar-refractivity contribution in [2.75, 3.05) is 31.6 Å². The van der Waals surface area contributed by atoms with Gasteiger partial charge in [-0.25, -0.2) is 4.98 Å². The van der Waals surface area contributed by atoms with E-state index in [0.29, 0.717) is 53.5 Å². The lowest BCUT2D eigenvalue weighted by molar-refractivity contribution is 0.0336. The number of H-pyrrole nitrogens is 1. The van der Waals surface area contributed by atoms with Gasteiger partial charge in [0.2, 0.25) is 0 Å². The van der Waals surface area contributed by atoms with Crippen LogP contribution >= 0.6 is 0 Å². The summed E-state index contributed by atoms with van der Waals surface area (Å²) < 4.78 is 5.44. The van der Waals surface area contributed by atoms with Crippen molar-refractivity contribution < 1.29 is 4.74 Å². The highest BCUT2D eigenvalue weighted by Gasteiger charge is 2.18.